The number of hydrogen-bond acceptors (Lipinski definition) is 3. The molecule has 5 aromatic rings. The fourth-order valence-corrected chi connectivity index (χ4v) is 3.37. The highest BCUT2D eigenvalue weighted by atomic mass is 19.1. The number of halogens is 1. The minimum atomic E-state index is -0.403. The lowest BCUT2D eigenvalue weighted by molar-refractivity contribution is 0.306. The fraction of sp³-hybridized carbons (Fsp3) is 0.0385. The van der Waals surface area contributed by atoms with E-state index in [4.69, 9.17) is 9.47 Å². The van der Waals surface area contributed by atoms with Gasteiger partial charge in [-0.05, 0) is 42.0 Å². The van der Waals surface area contributed by atoms with Gasteiger partial charge in [-0.2, -0.15) is 5.10 Å². The molecule has 0 saturated carbocycles. The third-order valence-corrected chi connectivity index (χ3v) is 4.92. The summed E-state index contributed by atoms with van der Waals surface area (Å²) in [7, 11) is 0. The summed E-state index contributed by atoms with van der Waals surface area (Å²) in [6.07, 6.45) is 1.79. The van der Waals surface area contributed by atoms with Crippen molar-refractivity contribution in [2.45, 2.75) is 6.61 Å². The Kier molecular flexibility index (Phi) is 5.07. The molecule has 31 heavy (non-hydrogen) atoms. The van der Waals surface area contributed by atoms with Crippen molar-refractivity contribution in [1.29, 1.82) is 0 Å². The first-order valence-electron chi connectivity index (χ1n) is 9.94. The topological polar surface area (TPSA) is 36.3 Å². The summed E-state index contributed by atoms with van der Waals surface area (Å²) < 4.78 is 27.5. The summed E-state index contributed by atoms with van der Waals surface area (Å²) in [5.41, 5.74) is 2.82. The Balaban J connectivity index is 1.43. The molecule has 152 valence electrons. The van der Waals surface area contributed by atoms with Gasteiger partial charge >= 0.3 is 0 Å². The number of hydrogen-bond donors (Lipinski definition) is 0. The van der Waals surface area contributed by atoms with Crippen molar-refractivity contribution in [1.82, 2.24) is 9.78 Å². The summed E-state index contributed by atoms with van der Waals surface area (Å²) in [5.74, 6) is 1.07. The van der Waals surface area contributed by atoms with Crippen LogP contribution in [0.3, 0.4) is 0 Å². The smallest absolute Gasteiger partial charge is 0.165 e. The average Bonchev–Trinajstić information content (AvgIpc) is 3.23. The summed E-state index contributed by atoms with van der Waals surface area (Å²) in [6.45, 7) is 0.491. The summed E-state index contributed by atoms with van der Waals surface area (Å²) in [6, 6.07) is 29.7. The van der Waals surface area contributed by atoms with Crippen LogP contribution in [0, 0.1) is 5.82 Å². The molecular formula is C26H19FN2O2. The SMILES string of the molecule is Fc1ccccc1Oc1ccc2cnn(-c3cccc(OCc4ccccc4)c3)c2c1. The van der Waals surface area contributed by atoms with Crippen molar-refractivity contribution in [3.8, 4) is 22.9 Å². The quantitative estimate of drug-likeness (QED) is 0.319. The Bertz CT molecular complexity index is 1330. The van der Waals surface area contributed by atoms with E-state index in [0.29, 0.717) is 12.4 Å². The average molecular weight is 410 g/mol. The van der Waals surface area contributed by atoms with Crippen LogP contribution in [-0.4, -0.2) is 9.78 Å². The Morgan fingerprint density at radius 2 is 1.61 bits per heavy atom. The molecule has 0 radical (unpaired) electrons. The third-order valence-electron chi connectivity index (χ3n) is 4.92. The second-order valence-electron chi connectivity index (χ2n) is 7.08. The maximum atomic E-state index is 14.0. The Labute approximate surface area is 179 Å². The van der Waals surface area contributed by atoms with Crippen molar-refractivity contribution < 1.29 is 13.9 Å². The molecule has 0 aliphatic carbocycles. The molecule has 4 aromatic carbocycles. The molecule has 0 atom stereocenters. The number of nitrogens with zero attached hydrogens (tertiary/aromatic N) is 2. The molecule has 5 heteroatoms. The zero-order valence-electron chi connectivity index (χ0n) is 16.6. The first-order valence-corrected chi connectivity index (χ1v) is 9.94. The van der Waals surface area contributed by atoms with Crippen molar-refractivity contribution in [2.75, 3.05) is 0 Å². The molecule has 0 saturated heterocycles. The second kappa shape index (κ2) is 8.32. The molecule has 0 bridgehead atoms. The van der Waals surface area contributed by atoms with E-state index in [-0.39, 0.29) is 5.75 Å². The third kappa shape index (κ3) is 4.12. The van der Waals surface area contributed by atoms with Crippen molar-refractivity contribution in [3.05, 3.63) is 115 Å². The second-order valence-corrected chi connectivity index (χ2v) is 7.08. The predicted molar refractivity (Wildman–Crippen MR) is 118 cm³/mol. The van der Waals surface area contributed by atoms with E-state index in [0.717, 1.165) is 27.9 Å². The van der Waals surface area contributed by atoms with Gasteiger partial charge in [0.15, 0.2) is 11.6 Å². The first-order chi connectivity index (χ1) is 15.3. The Morgan fingerprint density at radius 3 is 2.48 bits per heavy atom. The first kappa shape index (κ1) is 18.9. The van der Waals surface area contributed by atoms with E-state index in [1.807, 2.05) is 71.4 Å². The van der Waals surface area contributed by atoms with Gasteiger partial charge in [0.1, 0.15) is 18.1 Å². The van der Waals surface area contributed by atoms with Gasteiger partial charge in [0, 0.05) is 17.5 Å². The number of para-hydroxylation sites is 1. The highest BCUT2D eigenvalue weighted by molar-refractivity contribution is 5.82. The van der Waals surface area contributed by atoms with Gasteiger partial charge in [0.05, 0.1) is 17.4 Å². The van der Waals surface area contributed by atoms with E-state index in [2.05, 4.69) is 5.10 Å². The molecule has 1 heterocycles. The normalized spacial score (nSPS) is 10.9. The molecule has 1 aromatic heterocycles. The molecule has 0 amide bonds. The van der Waals surface area contributed by atoms with Gasteiger partial charge in [-0.15, -0.1) is 0 Å². The minimum absolute atomic E-state index is 0.184. The van der Waals surface area contributed by atoms with Crippen LogP contribution in [0.15, 0.2) is 103 Å². The zero-order chi connectivity index (χ0) is 21.0. The van der Waals surface area contributed by atoms with Gasteiger partial charge < -0.3 is 9.47 Å². The zero-order valence-corrected chi connectivity index (χ0v) is 16.6. The molecule has 0 spiro atoms. The van der Waals surface area contributed by atoms with Crippen LogP contribution >= 0.6 is 0 Å². The lowest BCUT2D eigenvalue weighted by Gasteiger charge is -2.10. The number of rotatable bonds is 6. The fourth-order valence-electron chi connectivity index (χ4n) is 3.37. The highest BCUT2D eigenvalue weighted by Crippen LogP contribution is 2.29. The number of ether oxygens (including phenoxy) is 2. The maximum Gasteiger partial charge on any atom is 0.165 e. The summed E-state index contributed by atoms with van der Waals surface area (Å²) in [4.78, 5) is 0. The van der Waals surface area contributed by atoms with Crippen LogP contribution < -0.4 is 9.47 Å². The number of fused-ring (bicyclic) bond motifs is 1. The van der Waals surface area contributed by atoms with Gasteiger partial charge in [0.25, 0.3) is 0 Å². The van der Waals surface area contributed by atoms with E-state index in [1.165, 1.54) is 6.07 Å². The minimum Gasteiger partial charge on any atom is -0.489 e. The maximum absolute atomic E-state index is 14.0. The van der Waals surface area contributed by atoms with Crippen LogP contribution in [0.25, 0.3) is 16.6 Å². The Hall–Kier alpha value is -4.12. The molecule has 4 nitrogen and oxygen atoms in total. The lowest BCUT2D eigenvalue weighted by atomic mass is 10.2. The van der Waals surface area contributed by atoms with Crippen LogP contribution in [-0.2, 0) is 6.61 Å². The van der Waals surface area contributed by atoms with Gasteiger partial charge in [-0.1, -0.05) is 48.5 Å². The highest BCUT2D eigenvalue weighted by Gasteiger charge is 2.10. The van der Waals surface area contributed by atoms with Crippen molar-refractivity contribution >= 4 is 10.9 Å². The van der Waals surface area contributed by atoms with Crippen LogP contribution in [0.4, 0.5) is 4.39 Å². The summed E-state index contributed by atoms with van der Waals surface area (Å²) >= 11 is 0. The van der Waals surface area contributed by atoms with Crippen LogP contribution in [0.1, 0.15) is 5.56 Å². The van der Waals surface area contributed by atoms with Crippen molar-refractivity contribution in [2.24, 2.45) is 0 Å². The van der Waals surface area contributed by atoms with Crippen molar-refractivity contribution in [3.63, 3.8) is 0 Å². The summed E-state index contributed by atoms with van der Waals surface area (Å²) in [5, 5.41) is 5.48. The molecule has 5 rings (SSSR count). The van der Waals surface area contributed by atoms with E-state index in [9.17, 15) is 4.39 Å². The number of aromatic nitrogens is 2. The van der Waals surface area contributed by atoms with Crippen LogP contribution in [0.2, 0.25) is 0 Å². The largest absolute Gasteiger partial charge is 0.489 e. The molecule has 0 fully saturated rings. The van der Waals surface area contributed by atoms with E-state index >= 15 is 0 Å². The van der Waals surface area contributed by atoms with Crippen LogP contribution in [0.5, 0.6) is 17.2 Å². The van der Waals surface area contributed by atoms with E-state index < -0.39 is 5.82 Å². The molecule has 0 N–H and O–H groups in total. The van der Waals surface area contributed by atoms with Gasteiger partial charge in [0.2, 0.25) is 0 Å². The predicted octanol–water partition coefficient (Wildman–Crippen LogP) is 6.54. The van der Waals surface area contributed by atoms with Gasteiger partial charge in [-0.25, -0.2) is 9.07 Å². The van der Waals surface area contributed by atoms with E-state index in [1.54, 1.807) is 30.5 Å². The van der Waals surface area contributed by atoms with Gasteiger partial charge in [-0.3, -0.25) is 0 Å². The molecule has 0 aliphatic rings. The molecular weight excluding hydrogens is 391 g/mol. The number of benzene rings is 4. The molecule has 0 aliphatic heterocycles. The lowest BCUT2D eigenvalue weighted by Crippen LogP contribution is -1.99. The Morgan fingerprint density at radius 1 is 0.774 bits per heavy atom. The monoisotopic (exact) mass is 410 g/mol. The molecule has 0 unspecified atom stereocenters. The standard InChI is InChI=1S/C26H19FN2O2/c27-24-11-4-5-12-26(24)31-23-14-13-20-17-28-29(25(20)16-23)21-9-6-10-22(15-21)30-18-19-7-2-1-3-8-19/h1-17H,18H2.